The second-order valence-electron chi connectivity index (χ2n) is 3.40. The number of carbonyl (C=O) groups is 1. The van der Waals surface area contributed by atoms with Crippen LogP contribution in [0.25, 0.3) is 0 Å². The van der Waals surface area contributed by atoms with Crippen molar-refractivity contribution >= 4 is 33.3 Å². The molecule has 0 aliphatic heterocycles. The Bertz CT molecular complexity index is 142. The normalized spacial score (nSPS) is 10.7. The molecule has 0 amide bonds. The average Bonchev–Trinajstić information content (AvgIpc) is 2.07. The van der Waals surface area contributed by atoms with Crippen LogP contribution in [0.3, 0.4) is 0 Å². The average molecular weight is 381 g/mol. The third kappa shape index (κ3) is 4.42. The van der Waals surface area contributed by atoms with E-state index in [1.807, 2.05) is 13.8 Å². The standard InChI is InChI=1S/C10H20O2.Pb.2H/c1-4-7-8-10(5-2,6-3)9(11)12;;;/h4-8H2,1-3H3,(H,11,12);;;. The van der Waals surface area contributed by atoms with E-state index in [1.165, 1.54) is 0 Å². The van der Waals surface area contributed by atoms with Crippen molar-refractivity contribution in [2.75, 3.05) is 0 Å². The van der Waals surface area contributed by atoms with Gasteiger partial charge in [0.15, 0.2) is 0 Å². The van der Waals surface area contributed by atoms with Gasteiger partial charge in [-0.05, 0) is 19.3 Å². The third-order valence-corrected chi connectivity index (χ3v) is 2.82. The summed E-state index contributed by atoms with van der Waals surface area (Å²) < 4.78 is 0. The van der Waals surface area contributed by atoms with Crippen LogP contribution >= 0.6 is 0 Å². The Morgan fingerprint density at radius 2 is 1.69 bits per heavy atom. The van der Waals surface area contributed by atoms with Gasteiger partial charge in [0, 0.05) is 0 Å². The first-order valence-corrected chi connectivity index (χ1v) is 4.86. The number of carboxylic acid groups (broad SMARTS) is 1. The van der Waals surface area contributed by atoms with Crippen molar-refractivity contribution in [1.29, 1.82) is 0 Å². The molecule has 2 nitrogen and oxygen atoms in total. The first-order valence-electron chi connectivity index (χ1n) is 4.86. The van der Waals surface area contributed by atoms with Crippen LogP contribution in [0.15, 0.2) is 0 Å². The molecule has 0 heterocycles. The van der Waals surface area contributed by atoms with E-state index in [0.717, 1.165) is 32.1 Å². The molecule has 0 saturated carbocycles. The van der Waals surface area contributed by atoms with Crippen molar-refractivity contribution in [1.82, 2.24) is 0 Å². The van der Waals surface area contributed by atoms with E-state index in [0.29, 0.717) is 0 Å². The molecule has 0 aliphatic carbocycles. The van der Waals surface area contributed by atoms with E-state index in [-0.39, 0.29) is 27.3 Å². The Morgan fingerprint density at radius 1 is 1.23 bits per heavy atom. The van der Waals surface area contributed by atoms with Crippen LogP contribution in [-0.2, 0) is 4.79 Å². The van der Waals surface area contributed by atoms with Crippen LogP contribution < -0.4 is 0 Å². The molecule has 0 atom stereocenters. The molecule has 0 fully saturated rings. The zero-order chi connectivity index (χ0) is 9.61. The van der Waals surface area contributed by atoms with Crippen molar-refractivity contribution in [3.05, 3.63) is 0 Å². The topological polar surface area (TPSA) is 37.3 Å². The fourth-order valence-electron chi connectivity index (χ4n) is 1.53. The summed E-state index contributed by atoms with van der Waals surface area (Å²) in [6.07, 6.45) is 4.42. The van der Waals surface area contributed by atoms with E-state index in [4.69, 9.17) is 5.11 Å². The van der Waals surface area contributed by atoms with Crippen LogP contribution in [0, 0.1) is 5.41 Å². The van der Waals surface area contributed by atoms with Gasteiger partial charge in [0.1, 0.15) is 0 Å². The first kappa shape index (κ1) is 15.8. The summed E-state index contributed by atoms with van der Waals surface area (Å²) in [6, 6.07) is 0. The summed E-state index contributed by atoms with van der Waals surface area (Å²) in [7, 11) is 0. The van der Waals surface area contributed by atoms with Gasteiger partial charge in [0.2, 0.25) is 0 Å². The molecular formula is C10H22O2Pb. The van der Waals surface area contributed by atoms with Gasteiger partial charge in [-0.1, -0.05) is 33.6 Å². The molecule has 0 aromatic carbocycles. The van der Waals surface area contributed by atoms with Crippen LogP contribution in [0.4, 0.5) is 0 Å². The molecule has 1 N–H and O–H groups in total. The number of hydrogen-bond donors (Lipinski definition) is 1. The summed E-state index contributed by atoms with van der Waals surface area (Å²) in [4.78, 5) is 11.0. The second kappa shape index (κ2) is 7.76. The number of hydrogen-bond acceptors (Lipinski definition) is 1. The summed E-state index contributed by atoms with van der Waals surface area (Å²) >= 11 is 0. The van der Waals surface area contributed by atoms with Crippen LogP contribution in [0.5, 0.6) is 0 Å². The van der Waals surface area contributed by atoms with Gasteiger partial charge in [0.05, 0.1) is 5.41 Å². The van der Waals surface area contributed by atoms with Gasteiger partial charge >= 0.3 is 33.3 Å². The summed E-state index contributed by atoms with van der Waals surface area (Å²) in [6.45, 7) is 6.03. The van der Waals surface area contributed by atoms with Gasteiger partial charge in [-0.2, -0.15) is 0 Å². The molecule has 2 radical (unpaired) electrons. The van der Waals surface area contributed by atoms with E-state index >= 15 is 0 Å². The summed E-state index contributed by atoms with van der Waals surface area (Å²) in [5.41, 5.74) is -0.448. The molecule has 0 aliphatic rings. The van der Waals surface area contributed by atoms with Gasteiger partial charge in [-0.15, -0.1) is 0 Å². The summed E-state index contributed by atoms with van der Waals surface area (Å²) in [5.74, 6) is -0.624. The minimum atomic E-state index is -0.624. The minimum absolute atomic E-state index is 0. The van der Waals surface area contributed by atoms with Crippen molar-refractivity contribution < 1.29 is 9.90 Å². The molecule has 0 unspecified atom stereocenters. The Kier molecular flexibility index (Phi) is 9.46. The Morgan fingerprint density at radius 3 is 1.92 bits per heavy atom. The number of carboxylic acids is 1. The maximum atomic E-state index is 11.0. The first-order chi connectivity index (χ1) is 5.63. The third-order valence-electron chi connectivity index (χ3n) is 2.82. The molecular weight excluding hydrogens is 359 g/mol. The fraction of sp³-hybridized carbons (Fsp3) is 0.900. The van der Waals surface area contributed by atoms with Crippen LogP contribution in [0.1, 0.15) is 52.9 Å². The zero-order valence-corrected chi connectivity index (χ0v) is 14.6. The van der Waals surface area contributed by atoms with Gasteiger partial charge < -0.3 is 5.11 Å². The molecule has 0 aromatic heterocycles. The molecule has 0 bridgehead atoms. The molecule has 3 heteroatoms. The van der Waals surface area contributed by atoms with Gasteiger partial charge in [0.25, 0.3) is 0 Å². The van der Waals surface area contributed by atoms with E-state index in [9.17, 15) is 4.79 Å². The van der Waals surface area contributed by atoms with E-state index in [2.05, 4.69) is 6.92 Å². The molecule has 78 valence electrons. The molecule has 0 rings (SSSR count). The van der Waals surface area contributed by atoms with Crippen molar-refractivity contribution in [3.8, 4) is 0 Å². The predicted octanol–water partition coefficient (Wildman–Crippen LogP) is 2.15. The van der Waals surface area contributed by atoms with E-state index in [1.54, 1.807) is 0 Å². The number of rotatable bonds is 6. The molecule has 0 saturated heterocycles. The molecule has 0 spiro atoms. The summed E-state index contributed by atoms with van der Waals surface area (Å²) in [5, 5.41) is 9.05. The molecule has 13 heavy (non-hydrogen) atoms. The Balaban J connectivity index is 0. The number of aliphatic carboxylic acids is 1. The zero-order valence-electron chi connectivity index (χ0n) is 9.10. The van der Waals surface area contributed by atoms with Crippen LogP contribution in [-0.4, -0.2) is 38.4 Å². The quantitative estimate of drug-likeness (QED) is 0.716. The SMILES string of the molecule is CCCCC(CC)(CC)C(=O)O.[PbH2]. The van der Waals surface area contributed by atoms with Gasteiger partial charge in [-0.3, -0.25) is 4.79 Å². The monoisotopic (exact) mass is 382 g/mol. The van der Waals surface area contributed by atoms with Crippen molar-refractivity contribution in [3.63, 3.8) is 0 Å². The Labute approximate surface area is 101 Å². The second-order valence-corrected chi connectivity index (χ2v) is 3.40. The van der Waals surface area contributed by atoms with Crippen molar-refractivity contribution in [2.24, 2.45) is 5.41 Å². The van der Waals surface area contributed by atoms with Crippen molar-refractivity contribution in [2.45, 2.75) is 52.9 Å². The fourth-order valence-corrected chi connectivity index (χ4v) is 1.53. The Hall–Kier alpha value is 0.392. The predicted molar refractivity (Wildman–Crippen MR) is 58.7 cm³/mol. The van der Waals surface area contributed by atoms with Gasteiger partial charge in [-0.25, -0.2) is 0 Å². The molecule has 0 aromatic rings. The van der Waals surface area contributed by atoms with Crippen LogP contribution in [0.2, 0.25) is 0 Å². The maximum absolute atomic E-state index is 11.0. The van der Waals surface area contributed by atoms with E-state index < -0.39 is 11.4 Å². The number of unbranched alkanes of at least 4 members (excludes halogenated alkanes) is 1.